The van der Waals surface area contributed by atoms with E-state index in [-0.39, 0.29) is 12.0 Å². The topological polar surface area (TPSA) is 71.3 Å². The predicted octanol–water partition coefficient (Wildman–Crippen LogP) is 1.68. The molecule has 22 heavy (non-hydrogen) atoms. The molecule has 118 valence electrons. The highest BCUT2D eigenvalue weighted by molar-refractivity contribution is 5.86. The Balaban J connectivity index is 1.63. The van der Waals surface area contributed by atoms with Gasteiger partial charge in [-0.25, -0.2) is 0 Å². The molecule has 2 atom stereocenters. The maximum Gasteiger partial charge on any atom is 0.239 e. The van der Waals surface area contributed by atoms with E-state index in [1.807, 2.05) is 24.4 Å². The fraction of sp³-hybridized carbons (Fsp3) is 0.471. The van der Waals surface area contributed by atoms with Gasteiger partial charge in [0.2, 0.25) is 5.91 Å². The minimum atomic E-state index is -0.523. The van der Waals surface area contributed by atoms with Crippen LogP contribution in [0.3, 0.4) is 0 Å². The van der Waals surface area contributed by atoms with Crippen LogP contribution in [-0.2, 0) is 16.0 Å². The van der Waals surface area contributed by atoms with E-state index >= 15 is 0 Å². The second-order valence-electron chi connectivity index (χ2n) is 6.02. The van der Waals surface area contributed by atoms with Crippen molar-refractivity contribution in [1.82, 2.24) is 9.88 Å². The summed E-state index contributed by atoms with van der Waals surface area (Å²) in [5, 5.41) is 1.13. The van der Waals surface area contributed by atoms with E-state index in [4.69, 9.17) is 10.5 Å². The molecule has 0 saturated carbocycles. The Kier molecular flexibility index (Phi) is 4.45. The van der Waals surface area contributed by atoms with Crippen molar-refractivity contribution in [2.75, 3.05) is 20.2 Å². The van der Waals surface area contributed by atoms with Crippen molar-refractivity contribution in [3.63, 3.8) is 0 Å². The summed E-state index contributed by atoms with van der Waals surface area (Å²) in [4.78, 5) is 17.4. The van der Waals surface area contributed by atoms with Crippen LogP contribution in [0.1, 0.15) is 18.4 Å². The predicted molar refractivity (Wildman–Crippen MR) is 86.6 cm³/mol. The highest BCUT2D eigenvalue weighted by Gasteiger charge is 2.24. The number of nitrogens with zero attached hydrogens (tertiary/aromatic N) is 1. The SMILES string of the molecule is CN(CC1CCCO1)C(=O)[C@@H](N)Cc1c[nH]c2ccccc12. The zero-order valence-electron chi connectivity index (χ0n) is 12.9. The molecule has 1 aromatic heterocycles. The molecule has 1 aliphatic heterocycles. The summed E-state index contributed by atoms with van der Waals surface area (Å²) in [6.45, 7) is 1.43. The summed E-state index contributed by atoms with van der Waals surface area (Å²) < 4.78 is 5.58. The molecular weight excluding hydrogens is 278 g/mol. The van der Waals surface area contributed by atoms with E-state index in [2.05, 4.69) is 11.1 Å². The summed E-state index contributed by atoms with van der Waals surface area (Å²) in [6.07, 6.45) is 4.74. The minimum Gasteiger partial charge on any atom is -0.376 e. The van der Waals surface area contributed by atoms with Gasteiger partial charge in [-0.1, -0.05) is 18.2 Å². The van der Waals surface area contributed by atoms with Gasteiger partial charge in [0.15, 0.2) is 0 Å². The number of fused-ring (bicyclic) bond motifs is 1. The highest BCUT2D eigenvalue weighted by atomic mass is 16.5. The van der Waals surface area contributed by atoms with Gasteiger partial charge in [0, 0.05) is 37.3 Å². The molecule has 1 unspecified atom stereocenters. The number of ether oxygens (including phenoxy) is 1. The summed E-state index contributed by atoms with van der Waals surface area (Å²) in [5.74, 6) is -0.0271. The molecule has 1 fully saturated rings. The van der Waals surface area contributed by atoms with Crippen molar-refractivity contribution in [2.45, 2.75) is 31.4 Å². The summed E-state index contributed by atoms with van der Waals surface area (Å²) in [6, 6.07) is 7.54. The number of likely N-dealkylation sites (N-methyl/N-ethyl adjacent to an activating group) is 1. The number of hydrogen-bond donors (Lipinski definition) is 2. The van der Waals surface area contributed by atoms with Gasteiger partial charge in [-0.3, -0.25) is 4.79 Å². The molecule has 3 rings (SSSR count). The van der Waals surface area contributed by atoms with Crippen molar-refractivity contribution < 1.29 is 9.53 Å². The lowest BCUT2D eigenvalue weighted by molar-refractivity contribution is -0.132. The van der Waals surface area contributed by atoms with Crippen molar-refractivity contribution in [2.24, 2.45) is 5.73 Å². The lowest BCUT2D eigenvalue weighted by Gasteiger charge is -2.23. The molecule has 1 aromatic carbocycles. The van der Waals surface area contributed by atoms with E-state index in [1.165, 1.54) is 0 Å². The molecular formula is C17H23N3O2. The van der Waals surface area contributed by atoms with E-state index in [0.29, 0.717) is 13.0 Å². The Morgan fingerprint density at radius 3 is 3.09 bits per heavy atom. The Morgan fingerprint density at radius 1 is 1.50 bits per heavy atom. The molecule has 0 spiro atoms. The van der Waals surface area contributed by atoms with E-state index in [9.17, 15) is 4.79 Å². The average molecular weight is 301 g/mol. The molecule has 5 nitrogen and oxygen atoms in total. The number of carbonyl (C=O) groups excluding carboxylic acids is 1. The van der Waals surface area contributed by atoms with Crippen molar-refractivity contribution in [3.05, 3.63) is 36.0 Å². The van der Waals surface area contributed by atoms with Crippen molar-refractivity contribution in [3.8, 4) is 0 Å². The third-order valence-corrected chi connectivity index (χ3v) is 4.31. The molecule has 0 radical (unpaired) electrons. The Labute approximate surface area is 130 Å². The third kappa shape index (κ3) is 3.15. The van der Waals surface area contributed by atoms with Crippen LogP contribution in [0.25, 0.3) is 10.9 Å². The van der Waals surface area contributed by atoms with Crippen LogP contribution < -0.4 is 5.73 Å². The normalized spacial score (nSPS) is 19.5. The quantitative estimate of drug-likeness (QED) is 0.882. The van der Waals surface area contributed by atoms with Gasteiger partial charge < -0.3 is 20.4 Å². The molecule has 2 aromatic rings. The molecule has 2 heterocycles. The molecule has 0 aliphatic carbocycles. The van der Waals surface area contributed by atoms with Crippen LogP contribution in [0.15, 0.2) is 30.5 Å². The van der Waals surface area contributed by atoms with E-state index < -0.39 is 6.04 Å². The fourth-order valence-electron chi connectivity index (χ4n) is 3.09. The maximum atomic E-state index is 12.4. The summed E-state index contributed by atoms with van der Waals surface area (Å²) in [5.41, 5.74) is 8.29. The first-order valence-electron chi connectivity index (χ1n) is 7.82. The minimum absolute atomic E-state index is 0.0271. The lowest BCUT2D eigenvalue weighted by atomic mass is 10.0. The first-order chi connectivity index (χ1) is 10.6. The molecule has 1 amide bonds. The van der Waals surface area contributed by atoms with E-state index in [0.717, 1.165) is 35.9 Å². The van der Waals surface area contributed by atoms with Crippen LogP contribution in [0.4, 0.5) is 0 Å². The number of hydrogen-bond acceptors (Lipinski definition) is 3. The zero-order valence-corrected chi connectivity index (χ0v) is 12.9. The second kappa shape index (κ2) is 6.50. The van der Waals surface area contributed by atoms with Crippen molar-refractivity contribution >= 4 is 16.8 Å². The van der Waals surface area contributed by atoms with Crippen molar-refractivity contribution in [1.29, 1.82) is 0 Å². The number of nitrogens with two attached hydrogens (primary N) is 1. The number of aromatic nitrogens is 1. The average Bonchev–Trinajstić information content (AvgIpc) is 3.17. The smallest absolute Gasteiger partial charge is 0.239 e. The zero-order chi connectivity index (χ0) is 15.5. The molecule has 0 bridgehead atoms. The van der Waals surface area contributed by atoms with Gasteiger partial charge in [0.25, 0.3) is 0 Å². The number of nitrogens with one attached hydrogen (secondary N) is 1. The number of carbonyl (C=O) groups is 1. The van der Waals surface area contributed by atoms with Gasteiger partial charge in [-0.15, -0.1) is 0 Å². The van der Waals surface area contributed by atoms with Crippen LogP contribution in [0.5, 0.6) is 0 Å². The first-order valence-corrected chi connectivity index (χ1v) is 7.82. The monoisotopic (exact) mass is 301 g/mol. The maximum absolute atomic E-state index is 12.4. The lowest BCUT2D eigenvalue weighted by Crippen LogP contribution is -2.45. The second-order valence-corrected chi connectivity index (χ2v) is 6.02. The van der Waals surface area contributed by atoms with Crippen LogP contribution in [0.2, 0.25) is 0 Å². The van der Waals surface area contributed by atoms with Gasteiger partial charge in [0.1, 0.15) is 0 Å². The number of aromatic amines is 1. The number of rotatable bonds is 5. The number of benzene rings is 1. The Morgan fingerprint density at radius 2 is 2.32 bits per heavy atom. The summed E-state index contributed by atoms with van der Waals surface area (Å²) >= 11 is 0. The van der Waals surface area contributed by atoms with Gasteiger partial charge in [0.05, 0.1) is 12.1 Å². The number of amides is 1. The largest absolute Gasteiger partial charge is 0.376 e. The number of H-pyrrole nitrogens is 1. The molecule has 1 aliphatic rings. The van der Waals surface area contributed by atoms with Gasteiger partial charge in [-0.05, 0) is 30.9 Å². The van der Waals surface area contributed by atoms with E-state index in [1.54, 1.807) is 11.9 Å². The van der Waals surface area contributed by atoms with Gasteiger partial charge >= 0.3 is 0 Å². The fourth-order valence-corrected chi connectivity index (χ4v) is 3.09. The number of para-hydroxylation sites is 1. The molecule has 3 N–H and O–H groups in total. The molecule has 5 heteroatoms. The summed E-state index contributed by atoms with van der Waals surface area (Å²) in [7, 11) is 1.80. The van der Waals surface area contributed by atoms with Crippen LogP contribution >= 0.6 is 0 Å². The standard InChI is InChI=1S/C17H23N3O2/c1-20(11-13-5-4-8-22-13)17(21)15(18)9-12-10-19-16-7-3-2-6-14(12)16/h2-3,6-7,10,13,15,19H,4-5,8-9,11,18H2,1H3/t13?,15-/m0/s1. The highest BCUT2D eigenvalue weighted by Crippen LogP contribution is 2.19. The Hall–Kier alpha value is -1.85. The van der Waals surface area contributed by atoms with Crippen LogP contribution in [0, 0.1) is 0 Å². The van der Waals surface area contributed by atoms with Crippen LogP contribution in [-0.4, -0.2) is 48.1 Å². The first kappa shape index (κ1) is 15.1. The Bertz CT molecular complexity index is 646. The van der Waals surface area contributed by atoms with Gasteiger partial charge in [-0.2, -0.15) is 0 Å². The molecule has 1 saturated heterocycles. The third-order valence-electron chi connectivity index (χ3n) is 4.31.